The van der Waals surface area contributed by atoms with Gasteiger partial charge in [0.15, 0.2) is 10.7 Å². The third-order valence-electron chi connectivity index (χ3n) is 3.41. The van der Waals surface area contributed by atoms with Crippen LogP contribution in [0.1, 0.15) is 18.2 Å². The van der Waals surface area contributed by atoms with Crippen LogP contribution in [0, 0.1) is 13.8 Å². The molecule has 0 spiro atoms. The van der Waals surface area contributed by atoms with Crippen LogP contribution in [0.25, 0.3) is 11.1 Å². The summed E-state index contributed by atoms with van der Waals surface area (Å²) in [6, 6.07) is 3.02. The zero-order chi connectivity index (χ0) is 16.8. The van der Waals surface area contributed by atoms with Crippen molar-refractivity contribution in [2.45, 2.75) is 32.2 Å². The highest BCUT2D eigenvalue weighted by Crippen LogP contribution is 2.26. The lowest BCUT2D eigenvalue weighted by Crippen LogP contribution is -2.14. The van der Waals surface area contributed by atoms with Crippen LogP contribution in [-0.4, -0.2) is 18.0 Å². The summed E-state index contributed by atoms with van der Waals surface area (Å²) in [5, 5.41) is 2.06. The second kappa shape index (κ2) is 5.50. The third kappa shape index (κ3) is 2.77. The predicted molar refractivity (Wildman–Crippen MR) is 88.5 cm³/mol. The van der Waals surface area contributed by atoms with E-state index in [0.29, 0.717) is 22.8 Å². The summed E-state index contributed by atoms with van der Waals surface area (Å²) in [5.74, 6) is -0.500. The lowest BCUT2D eigenvalue weighted by Gasteiger charge is -2.08. The second-order valence-corrected chi connectivity index (χ2v) is 7.61. The smallest absolute Gasteiger partial charge is 0.408 e. The second-order valence-electron chi connectivity index (χ2n) is 5.10. The Morgan fingerprint density at radius 3 is 2.70 bits per heavy atom. The number of aryl methyl sites for hydroxylation is 3. The van der Waals surface area contributed by atoms with Gasteiger partial charge in [0.05, 0.1) is 16.1 Å². The minimum absolute atomic E-state index is 0.0647. The molecule has 0 saturated carbocycles. The molecule has 7 nitrogen and oxygen atoms in total. The fraction of sp³-hybridized carbons (Fsp3) is 0.286. The summed E-state index contributed by atoms with van der Waals surface area (Å²) in [4.78, 5) is 15.9. The zero-order valence-electron chi connectivity index (χ0n) is 12.8. The van der Waals surface area contributed by atoms with Gasteiger partial charge >= 0.3 is 5.76 Å². The molecule has 0 aliphatic carbocycles. The Balaban J connectivity index is 2.11. The number of sulfonamides is 1. The Morgan fingerprint density at radius 2 is 2.09 bits per heavy atom. The predicted octanol–water partition coefficient (Wildman–Crippen LogP) is 2.49. The molecule has 1 N–H and O–H groups in total. The van der Waals surface area contributed by atoms with Crippen LogP contribution in [0.5, 0.6) is 0 Å². The maximum absolute atomic E-state index is 12.6. The van der Waals surface area contributed by atoms with E-state index in [1.807, 2.05) is 6.92 Å². The first kappa shape index (κ1) is 15.8. The highest BCUT2D eigenvalue weighted by Gasteiger charge is 2.21. The highest BCUT2D eigenvalue weighted by molar-refractivity contribution is 7.93. The Labute approximate surface area is 136 Å². The molecule has 0 atom stereocenters. The van der Waals surface area contributed by atoms with Gasteiger partial charge in [0.2, 0.25) is 0 Å². The van der Waals surface area contributed by atoms with Crippen molar-refractivity contribution < 1.29 is 12.8 Å². The lowest BCUT2D eigenvalue weighted by atomic mass is 10.2. The van der Waals surface area contributed by atoms with E-state index in [9.17, 15) is 13.2 Å². The Kier molecular flexibility index (Phi) is 3.77. The largest absolute Gasteiger partial charge is 0.419 e. The Bertz CT molecular complexity index is 1040. The molecule has 0 aliphatic heterocycles. The molecule has 0 amide bonds. The van der Waals surface area contributed by atoms with E-state index < -0.39 is 15.8 Å². The van der Waals surface area contributed by atoms with Crippen LogP contribution < -0.4 is 10.5 Å². The van der Waals surface area contributed by atoms with Gasteiger partial charge in [-0.05, 0) is 32.4 Å². The topological polar surface area (TPSA) is 94.2 Å². The van der Waals surface area contributed by atoms with Gasteiger partial charge in [-0.3, -0.25) is 9.29 Å². The molecule has 122 valence electrons. The van der Waals surface area contributed by atoms with Gasteiger partial charge in [-0.25, -0.2) is 18.2 Å². The molecule has 0 bridgehead atoms. The zero-order valence-corrected chi connectivity index (χ0v) is 14.4. The number of oxazole rings is 1. The van der Waals surface area contributed by atoms with E-state index >= 15 is 0 Å². The van der Waals surface area contributed by atoms with E-state index in [2.05, 4.69) is 9.71 Å². The minimum atomic E-state index is -3.81. The molecule has 2 heterocycles. The van der Waals surface area contributed by atoms with Crippen LogP contribution in [0.2, 0.25) is 0 Å². The molecule has 23 heavy (non-hydrogen) atoms. The molecule has 0 unspecified atom stereocenters. The first-order valence-electron chi connectivity index (χ1n) is 6.90. The van der Waals surface area contributed by atoms with Crippen LogP contribution in [0.15, 0.2) is 31.6 Å². The quantitative estimate of drug-likeness (QED) is 0.777. The number of hydrogen-bond acceptors (Lipinski definition) is 6. The number of hydrogen-bond donors (Lipinski definition) is 1. The van der Waals surface area contributed by atoms with E-state index in [1.165, 1.54) is 22.0 Å². The third-order valence-corrected chi connectivity index (χ3v) is 5.90. The standard InChI is InChI=1S/C14H15N3O4S2/c1-4-17-10-5-8(2)12(6-11(10)21-14(17)18)23(19,20)16-13-15-9(3)7-22-13/h5-7H,4H2,1-3H3,(H,15,16). The van der Waals surface area contributed by atoms with E-state index in [1.54, 1.807) is 25.3 Å². The highest BCUT2D eigenvalue weighted by atomic mass is 32.2. The normalized spacial score (nSPS) is 12.0. The molecule has 3 rings (SSSR count). The first-order chi connectivity index (χ1) is 10.8. The van der Waals surface area contributed by atoms with Gasteiger partial charge in [0.1, 0.15) is 0 Å². The molecular weight excluding hydrogens is 338 g/mol. The van der Waals surface area contributed by atoms with Gasteiger partial charge < -0.3 is 4.42 Å². The van der Waals surface area contributed by atoms with Gasteiger partial charge in [0, 0.05) is 18.0 Å². The maximum atomic E-state index is 12.6. The summed E-state index contributed by atoms with van der Waals surface area (Å²) in [6.07, 6.45) is 0. The average Bonchev–Trinajstić information content (AvgIpc) is 2.99. The molecule has 0 radical (unpaired) electrons. The van der Waals surface area contributed by atoms with Gasteiger partial charge in [0.25, 0.3) is 10.0 Å². The fourth-order valence-electron chi connectivity index (χ4n) is 2.35. The van der Waals surface area contributed by atoms with Crippen molar-refractivity contribution >= 4 is 37.6 Å². The van der Waals surface area contributed by atoms with Crippen LogP contribution in [0.3, 0.4) is 0 Å². The van der Waals surface area contributed by atoms with E-state index in [-0.39, 0.29) is 10.5 Å². The number of anilines is 1. The number of thiazole rings is 1. The van der Waals surface area contributed by atoms with Crippen molar-refractivity contribution in [3.8, 4) is 0 Å². The minimum Gasteiger partial charge on any atom is -0.408 e. The molecule has 2 aromatic heterocycles. The van der Waals surface area contributed by atoms with Gasteiger partial charge in [-0.1, -0.05) is 0 Å². The Morgan fingerprint density at radius 1 is 1.35 bits per heavy atom. The van der Waals surface area contributed by atoms with Crippen molar-refractivity contribution in [3.63, 3.8) is 0 Å². The summed E-state index contributed by atoms with van der Waals surface area (Å²) < 4.78 is 34.2. The van der Waals surface area contributed by atoms with Crippen molar-refractivity contribution in [1.82, 2.24) is 9.55 Å². The molecule has 0 fully saturated rings. The fourth-order valence-corrected chi connectivity index (χ4v) is 4.54. The van der Waals surface area contributed by atoms with E-state index in [0.717, 1.165) is 5.69 Å². The summed E-state index contributed by atoms with van der Waals surface area (Å²) in [6.45, 7) is 5.74. The number of benzene rings is 1. The van der Waals surface area contributed by atoms with Crippen molar-refractivity contribution in [1.29, 1.82) is 0 Å². The van der Waals surface area contributed by atoms with Gasteiger partial charge in [-0.2, -0.15) is 0 Å². The molecule has 9 heteroatoms. The van der Waals surface area contributed by atoms with E-state index in [4.69, 9.17) is 4.42 Å². The number of rotatable bonds is 4. The van der Waals surface area contributed by atoms with Crippen molar-refractivity contribution in [2.75, 3.05) is 4.72 Å². The summed E-state index contributed by atoms with van der Waals surface area (Å²) in [7, 11) is -3.81. The van der Waals surface area contributed by atoms with Crippen molar-refractivity contribution in [2.24, 2.45) is 0 Å². The maximum Gasteiger partial charge on any atom is 0.419 e. The Hall–Kier alpha value is -2.13. The molecular formula is C14H15N3O4S2. The van der Waals surface area contributed by atoms with Crippen LogP contribution in [0.4, 0.5) is 5.13 Å². The SMILES string of the molecule is CCn1c(=O)oc2cc(S(=O)(=O)Nc3nc(C)cs3)c(C)cc21. The molecule has 1 aromatic carbocycles. The summed E-state index contributed by atoms with van der Waals surface area (Å²) in [5.41, 5.74) is 2.10. The van der Waals surface area contributed by atoms with Crippen LogP contribution in [-0.2, 0) is 16.6 Å². The van der Waals surface area contributed by atoms with Gasteiger partial charge in [-0.15, -0.1) is 11.3 Å². The number of nitrogens with zero attached hydrogens (tertiary/aromatic N) is 2. The number of nitrogens with one attached hydrogen (secondary N) is 1. The van der Waals surface area contributed by atoms with Crippen molar-refractivity contribution in [3.05, 3.63) is 39.3 Å². The summed E-state index contributed by atoms with van der Waals surface area (Å²) >= 11 is 1.21. The number of aromatic nitrogens is 2. The van der Waals surface area contributed by atoms with Crippen LogP contribution >= 0.6 is 11.3 Å². The lowest BCUT2D eigenvalue weighted by molar-refractivity contribution is 0.512. The molecule has 0 aliphatic rings. The first-order valence-corrected chi connectivity index (χ1v) is 9.27. The monoisotopic (exact) mass is 353 g/mol. The molecule has 3 aromatic rings. The molecule has 0 saturated heterocycles. The average molecular weight is 353 g/mol. The number of fused-ring (bicyclic) bond motifs is 1.